The van der Waals surface area contributed by atoms with Crippen molar-refractivity contribution < 1.29 is 9.53 Å². The third-order valence-corrected chi connectivity index (χ3v) is 5.29. The second-order valence-electron chi connectivity index (χ2n) is 7.91. The van der Waals surface area contributed by atoms with Gasteiger partial charge in [0.1, 0.15) is 5.75 Å². The van der Waals surface area contributed by atoms with Crippen LogP contribution in [0.4, 0.5) is 0 Å². The minimum atomic E-state index is -0.532. The van der Waals surface area contributed by atoms with Crippen molar-refractivity contribution in [1.82, 2.24) is 10.2 Å². The smallest absolute Gasteiger partial charge is 0.261 e. The van der Waals surface area contributed by atoms with E-state index in [1.807, 2.05) is 32.0 Å². The first-order chi connectivity index (χ1) is 13.5. The number of hydrogen-bond acceptors (Lipinski definition) is 3. The standard InChI is InChI=1S/C24H32N2O2/c1-18-13-19(2)15-23(14-18)28-20(3)24(27)25-16-21-9-5-6-10-22(21)17-26-11-7-4-8-12-26/h5-6,9-10,13-15,20H,4,7-8,11-12,16-17H2,1-3H3,(H,25,27)/t20-/m0/s1. The van der Waals surface area contributed by atoms with Crippen molar-refractivity contribution in [3.05, 3.63) is 64.7 Å². The van der Waals surface area contributed by atoms with Crippen LogP contribution in [-0.4, -0.2) is 30.0 Å². The molecule has 4 nitrogen and oxygen atoms in total. The molecule has 0 bridgehead atoms. The molecular weight excluding hydrogens is 348 g/mol. The van der Waals surface area contributed by atoms with Crippen LogP contribution in [0.25, 0.3) is 0 Å². The van der Waals surface area contributed by atoms with Gasteiger partial charge < -0.3 is 10.1 Å². The minimum Gasteiger partial charge on any atom is -0.481 e. The molecule has 1 N–H and O–H groups in total. The van der Waals surface area contributed by atoms with Crippen molar-refractivity contribution >= 4 is 5.91 Å². The highest BCUT2D eigenvalue weighted by Crippen LogP contribution is 2.18. The topological polar surface area (TPSA) is 41.6 Å². The zero-order valence-corrected chi connectivity index (χ0v) is 17.3. The van der Waals surface area contributed by atoms with E-state index in [4.69, 9.17) is 4.74 Å². The predicted molar refractivity (Wildman–Crippen MR) is 113 cm³/mol. The van der Waals surface area contributed by atoms with E-state index in [0.717, 1.165) is 23.4 Å². The second kappa shape index (κ2) is 9.74. The first-order valence-electron chi connectivity index (χ1n) is 10.3. The maximum atomic E-state index is 12.5. The van der Waals surface area contributed by atoms with E-state index in [-0.39, 0.29) is 5.91 Å². The monoisotopic (exact) mass is 380 g/mol. The number of aryl methyl sites for hydroxylation is 2. The molecule has 2 aromatic carbocycles. The number of piperidine rings is 1. The Hall–Kier alpha value is -2.33. The fraction of sp³-hybridized carbons (Fsp3) is 0.458. The van der Waals surface area contributed by atoms with E-state index >= 15 is 0 Å². The summed E-state index contributed by atoms with van der Waals surface area (Å²) in [5, 5.41) is 3.04. The summed E-state index contributed by atoms with van der Waals surface area (Å²) in [6.45, 7) is 9.69. The third-order valence-electron chi connectivity index (χ3n) is 5.29. The molecule has 1 atom stereocenters. The lowest BCUT2D eigenvalue weighted by Crippen LogP contribution is -2.36. The van der Waals surface area contributed by atoms with Gasteiger partial charge in [-0.25, -0.2) is 0 Å². The number of likely N-dealkylation sites (tertiary alicyclic amines) is 1. The molecule has 1 saturated heterocycles. The Bertz CT molecular complexity index is 777. The summed E-state index contributed by atoms with van der Waals surface area (Å²) in [5.41, 5.74) is 4.75. The van der Waals surface area contributed by atoms with Gasteiger partial charge in [-0.2, -0.15) is 0 Å². The summed E-state index contributed by atoms with van der Waals surface area (Å²) in [4.78, 5) is 15.1. The number of nitrogens with zero attached hydrogens (tertiary/aromatic N) is 1. The summed E-state index contributed by atoms with van der Waals surface area (Å²) in [5.74, 6) is 0.651. The molecule has 0 radical (unpaired) electrons. The van der Waals surface area contributed by atoms with Gasteiger partial charge in [0.05, 0.1) is 0 Å². The van der Waals surface area contributed by atoms with Crippen LogP contribution in [0.1, 0.15) is 48.4 Å². The van der Waals surface area contributed by atoms with Crippen LogP contribution in [0.3, 0.4) is 0 Å². The van der Waals surface area contributed by atoms with Crippen LogP contribution in [0.5, 0.6) is 5.75 Å². The lowest BCUT2D eigenvalue weighted by molar-refractivity contribution is -0.127. The van der Waals surface area contributed by atoms with Crippen LogP contribution in [0.15, 0.2) is 42.5 Å². The number of amides is 1. The van der Waals surface area contributed by atoms with Gasteiger partial charge >= 0.3 is 0 Å². The molecule has 4 heteroatoms. The van der Waals surface area contributed by atoms with Crippen molar-refractivity contribution in [2.45, 2.75) is 59.2 Å². The average Bonchev–Trinajstić information content (AvgIpc) is 2.67. The molecule has 1 aliphatic heterocycles. The molecule has 0 aromatic heterocycles. The van der Waals surface area contributed by atoms with Gasteiger partial charge in [0, 0.05) is 13.1 Å². The van der Waals surface area contributed by atoms with Crippen molar-refractivity contribution in [1.29, 1.82) is 0 Å². The molecule has 0 aliphatic carbocycles. The Morgan fingerprint density at radius 2 is 1.68 bits per heavy atom. The van der Waals surface area contributed by atoms with Crippen LogP contribution >= 0.6 is 0 Å². The summed E-state index contributed by atoms with van der Waals surface area (Å²) in [6.07, 6.45) is 3.38. The number of carbonyl (C=O) groups excluding carboxylic acids is 1. The highest BCUT2D eigenvalue weighted by atomic mass is 16.5. The first-order valence-corrected chi connectivity index (χ1v) is 10.3. The van der Waals surface area contributed by atoms with Gasteiger partial charge in [-0.05, 0) is 81.1 Å². The Morgan fingerprint density at radius 1 is 1.04 bits per heavy atom. The van der Waals surface area contributed by atoms with Gasteiger partial charge in [0.25, 0.3) is 5.91 Å². The number of carbonyl (C=O) groups is 1. The molecular formula is C24H32N2O2. The Kier molecular flexibility index (Phi) is 7.10. The van der Waals surface area contributed by atoms with Crippen LogP contribution in [0, 0.1) is 13.8 Å². The highest BCUT2D eigenvalue weighted by molar-refractivity contribution is 5.80. The summed E-state index contributed by atoms with van der Waals surface area (Å²) >= 11 is 0. The zero-order valence-electron chi connectivity index (χ0n) is 17.3. The molecule has 1 aliphatic rings. The van der Waals surface area contributed by atoms with Crippen molar-refractivity contribution in [3.8, 4) is 5.75 Å². The number of rotatable bonds is 7. The fourth-order valence-corrected chi connectivity index (χ4v) is 3.83. The Labute approximate surface area is 168 Å². The summed E-state index contributed by atoms with van der Waals surface area (Å²) in [6, 6.07) is 14.4. The number of hydrogen-bond donors (Lipinski definition) is 1. The normalized spacial score (nSPS) is 15.8. The first kappa shape index (κ1) is 20.4. The lowest BCUT2D eigenvalue weighted by Gasteiger charge is -2.27. The number of nitrogens with one attached hydrogen (secondary N) is 1. The van der Waals surface area contributed by atoms with Gasteiger partial charge in [0.2, 0.25) is 0 Å². The number of benzene rings is 2. The van der Waals surface area contributed by atoms with E-state index in [1.165, 1.54) is 43.5 Å². The molecule has 1 heterocycles. The molecule has 2 aromatic rings. The van der Waals surface area contributed by atoms with Crippen molar-refractivity contribution in [2.24, 2.45) is 0 Å². The lowest BCUT2D eigenvalue weighted by atomic mass is 10.0. The highest BCUT2D eigenvalue weighted by Gasteiger charge is 2.16. The fourth-order valence-electron chi connectivity index (χ4n) is 3.83. The van der Waals surface area contributed by atoms with Gasteiger partial charge in [-0.1, -0.05) is 36.8 Å². The molecule has 28 heavy (non-hydrogen) atoms. The van der Waals surface area contributed by atoms with Crippen LogP contribution < -0.4 is 10.1 Å². The van der Waals surface area contributed by atoms with E-state index < -0.39 is 6.10 Å². The van der Waals surface area contributed by atoms with Crippen molar-refractivity contribution in [3.63, 3.8) is 0 Å². The SMILES string of the molecule is Cc1cc(C)cc(O[C@@H](C)C(=O)NCc2ccccc2CN2CCCCC2)c1. The maximum absolute atomic E-state index is 12.5. The summed E-state index contributed by atoms with van der Waals surface area (Å²) in [7, 11) is 0. The second-order valence-corrected chi connectivity index (χ2v) is 7.91. The van der Waals surface area contributed by atoms with Gasteiger partial charge in [0.15, 0.2) is 6.10 Å². The molecule has 0 unspecified atom stereocenters. The molecule has 1 fully saturated rings. The van der Waals surface area contributed by atoms with E-state index in [1.54, 1.807) is 6.92 Å². The average molecular weight is 381 g/mol. The molecule has 3 rings (SSSR count). The van der Waals surface area contributed by atoms with Crippen LogP contribution in [0.2, 0.25) is 0 Å². The van der Waals surface area contributed by atoms with Gasteiger partial charge in [-0.15, -0.1) is 0 Å². The Balaban J connectivity index is 1.56. The molecule has 150 valence electrons. The minimum absolute atomic E-state index is 0.0908. The van der Waals surface area contributed by atoms with E-state index in [2.05, 4.69) is 34.5 Å². The molecule has 0 saturated carbocycles. The summed E-state index contributed by atoms with van der Waals surface area (Å²) < 4.78 is 5.86. The molecule has 1 amide bonds. The predicted octanol–water partition coefficient (Wildman–Crippen LogP) is 4.37. The van der Waals surface area contributed by atoms with E-state index in [9.17, 15) is 4.79 Å². The Morgan fingerprint density at radius 3 is 2.36 bits per heavy atom. The van der Waals surface area contributed by atoms with Crippen LogP contribution in [-0.2, 0) is 17.9 Å². The third kappa shape index (κ3) is 5.83. The zero-order chi connectivity index (χ0) is 19.9. The van der Waals surface area contributed by atoms with Crippen molar-refractivity contribution in [2.75, 3.05) is 13.1 Å². The van der Waals surface area contributed by atoms with Gasteiger partial charge in [-0.3, -0.25) is 9.69 Å². The largest absolute Gasteiger partial charge is 0.481 e. The number of ether oxygens (including phenoxy) is 1. The molecule has 0 spiro atoms. The quantitative estimate of drug-likeness (QED) is 0.775. The van der Waals surface area contributed by atoms with E-state index in [0.29, 0.717) is 6.54 Å². The maximum Gasteiger partial charge on any atom is 0.261 e.